The van der Waals surface area contributed by atoms with E-state index in [2.05, 4.69) is 15.0 Å². The molecule has 5 nitrogen and oxygen atoms in total. The molecule has 0 aliphatic rings. The zero-order valence-corrected chi connectivity index (χ0v) is 12.5. The number of rotatable bonds is 6. The molecular weight excluding hydrogens is 274 g/mol. The third-order valence-corrected chi connectivity index (χ3v) is 4.20. The van der Waals surface area contributed by atoms with Gasteiger partial charge in [0.05, 0.1) is 17.0 Å². The number of nitrogens with one attached hydrogen (secondary N) is 2. The van der Waals surface area contributed by atoms with Gasteiger partial charge >= 0.3 is 0 Å². The summed E-state index contributed by atoms with van der Waals surface area (Å²) in [6, 6.07) is 9.32. The molecule has 0 saturated carbocycles. The third-order valence-electron chi connectivity index (χ3n) is 2.92. The second-order valence-electron chi connectivity index (χ2n) is 4.60. The van der Waals surface area contributed by atoms with E-state index in [0.717, 1.165) is 17.6 Å². The Kier molecular flexibility index (Phi) is 4.57. The van der Waals surface area contributed by atoms with E-state index >= 15 is 0 Å². The van der Waals surface area contributed by atoms with E-state index in [4.69, 9.17) is 0 Å². The third kappa shape index (κ3) is 3.68. The van der Waals surface area contributed by atoms with Crippen LogP contribution in [-0.2, 0) is 10.0 Å². The molecule has 0 unspecified atom stereocenters. The average Bonchev–Trinajstić information content (AvgIpc) is 2.39. The van der Waals surface area contributed by atoms with Gasteiger partial charge in [0, 0.05) is 17.6 Å². The molecule has 0 amide bonds. The van der Waals surface area contributed by atoms with Gasteiger partial charge in [0.1, 0.15) is 0 Å². The number of fused-ring (bicyclic) bond motifs is 1. The van der Waals surface area contributed by atoms with Crippen molar-refractivity contribution in [1.29, 1.82) is 0 Å². The van der Waals surface area contributed by atoms with Gasteiger partial charge in [-0.2, -0.15) is 0 Å². The molecule has 0 atom stereocenters. The number of aromatic nitrogens is 1. The van der Waals surface area contributed by atoms with Crippen LogP contribution in [0.15, 0.2) is 30.3 Å². The topological polar surface area (TPSA) is 71.1 Å². The molecule has 0 bridgehead atoms. The number of hydrogen-bond acceptors (Lipinski definition) is 4. The van der Waals surface area contributed by atoms with E-state index in [1.165, 1.54) is 0 Å². The summed E-state index contributed by atoms with van der Waals surface area (Å²) in [7, 11) is -3.36. The zero-order valence-electron chi connectivity index (χ0n) is 11.7. The van der Waals surface area contributed by atoms with Gasteiger partial charge in [-0.05, 0) is 25.6 Å². The van der Waals surface area contributed by atoms with E-state index in [1.807, 2.05) is 38.1 Å². The van der Waals surface area contributed by atoms with Crippen LogP contribution in [0.4, 0.5) is 5.69 Å². The summed E-state index contributed by atoms with van der Waals surface area (Å²) >= 11 is 0. The molecule has 0 aliphatic carbocycles. The summed E-state index contributed by atoms with van der Waals surface area (Å²) in [5, 5.41) is 3.92. The minimum absolute atomic E-state index is 0.0447. The highest BCUT2D eigenvalue weighted by molar-refractivity contribution is 7.92. The number of sulfonamides is 1. The van der Waals surface area contributed by atoms with Crippen LogP contribution in [0.2, 0.25) is 0 Å². The van der Waals surface area contributed by atoms with Crippen LogP contribution in [0.25, 0.3) is 10.9 Å². The first kappa shape index (κ1) is 14.7. The fourth-order valence-electron chi connectivity index (χ4n) is 1.93. The van der Waals surface area contributed by atoms with E-state index in [0.29, 0.717) is 17.7 Å². The van der Waals surface area contributed by atoms with Gasteiger partial charge in [-0.25, -0.2) is 8.42 Å². The normalized spacial score (nSPS) is 11.7. The first-order chi connectivity index (χ1) is 9.52. The molecule has 0 saturated heterocycles. The quantitative estimate of drug-likeness (QED) is 0.798. The van der Waals surface area contributed by atoms with Gasteiger partial charge in [-0.15, -0.1) is 0 Å². The maximum Gasteiger partial charge on any atom is 0.234 e. The lowest BCUT2D eigenvalue weighted by Crippen LogP contribution is -2.26. The van der Waals surface area contributed by atoms with Crippen molar-refractivity contribution in [3.8, 4) is 0 Å². The second-order valence-corrected chi connectivity index (χ2v) is 6.45. The van der Waals surface area contributed by atoms with Gasteiger partial charge in [0.25, 0.3) is 0 Å². The number of para-hydroxylation sites is 1. The Morgan fingerprint density at radius 2 is 2.00 bits per heavy atom. The van der Waals surface area contributed by atoms with Crippen molar-refractivity contribution in [3.05, 3.63) is 36.0 Å². The molecule has 6 heteroatoms. The summed E-state index contributed by atoms with van der Waals surface area (Å²) < 4.78 is 26.7. The maximum absolute atomic E-state index is 12.0. The van der Waals surface area contributed by atoms with Gasteiger partial charge in [0.2, 0.25) is 10.0 Å². The number of aryl methyl sites for hydroxylation is 1. The molecule has 1 aromatic heterocycles. The monoisotopic (exact) mass is 293 g/mol. The number of benzene rings is 1. The molecule has 2 rings (SSSR count). The number of hydrogen-bond donors (Lipinski definition) is 2. The van der Waals surface area contributed by atoms with Crippen LogP contribution in [0.1, 0.15) is 12.6 Å². The largest absolute Gasteiger partial charge is 0.316 e. The predicted molar refractivity (Wildman–Crippen MR) is 82.4 cm³/mol. The smallest absolute Gasteiger partial charge is 0.234 e. The minimum Gasteiger partial charge on any atom is -0.316 e. The molecule has 0 spiro atoms. The van der Waals surface area contributed by atoms with Crippen LogP contribution in [0.5, 0.6) is 0 Å². The average molecular weight is 293 g/mol. The summed E-state index contributed by atoms with van der Waals surface area (Å²) in [6.07, 6.45) is 0. The van der Waals surface area contributed by atoms with Gasteiger partial charge in [-0.3, -0.25) is 9.71 Å². The van der Waals surface area contributed by atoms with E-state index in [-0.39, 0.29) is 5.75 Å². The first-order valence-corrected chi connectivity index (χ1v) is 8.24. The Morgan fingerprint density at radius 1 is 1.20 bits per heavy atom. The minimum atomic E-state index is -3.36. The number of nitrogens with zero attached hydrogens (tertiary/aromatic N) is 1. The molecule has 2 aromatic rings. The van der Waals surface area contributed by atoms with E-state index in [1.54, 1.807) is 6.07 Å². The highest BCUT2D eigenvalue weighted by Crippen LogP contribution is 2.22. The van der Waals surface area contributed by atoms with Crippen LogP contribution in [0, 0.1) is 6.92 Å². The van der Waals surface area contributed by atoms with Crippen LogP contribution in [-0.4, -0.2) is 32.2 Å². The van der Waals surface area contributed by atoms with Crippen molar-refractivity contribution in [3.63, 3.8) is 0 Å². The summed E-state index contributed by atoms with van der Waals surface area (Å²) in [4.78, 5) is 4.41. The fourth-order valence-corrected chi connectivity index (χ4v) is 2.94. The maximum atomic E-state index is 12.0. The molecular formula is C14H19N3O2S. The van der Waals surface area contributed by atoms with Crippen molar-refractivity contribution >= 4 is 26.6 Å². The molecule has 0 aliphatic heterocycles. The molecule has 108 valence electrons. The molecule has 2 N–H and O–H groups in total. The van der Waals surface area contributed by atoms with Crippen LogP contribution < -0.4 is 10.0 Å². The Bertz CT molecular complexity index is 699. The van der Waals surface area contributed by atoms with Crippen LogP contribution in [0.3, 0.4) is 0 Å². The number of anilines is 1. The molecule has 1 aromatic carbocycles. The Hall–Kier alpha value is -1.66. The highest BCUT2D eigenvalue weighted by atomic mass is 32.2. The van der Waals surface area contributed by atoms with Crippen molar-refractivity contribution in [2.24, 2.45) is 0 Å². The lowest BCUT2D eigenvalue weighted by Gasteiger charge is -2.10. The first-order valence-electron chi connectivity index (χ1n) is 6.59. The molecule has 1 heterocycles. The Morgan fingerprint density at radius 3 is 2.75 bits per heavy atom. The van der Waals surface area contributed by atoms with E-state index < -0.39 is 10.0 Å². The van der Waals surface area contributed by atoms with Gasteiger partial charge in [0.15, 0.2) is 0 Å². The highest BCUT2D eigenvalue weighted by Gasteiger charge is 2.12. The molecule has 0 radical (unpaired) electrons. The summed E-state index contributed by atoms with van der Waals surface area (Å²) in [5.41, 5.74) is 2.07. The lowest BCUT2D eigenvalue weighted by atomic mass is 10.2. The Balaban J connectivity index is 2.27. The van der Waals surface area contributed by atoms with Gasteiger partial charge in [-0.1, -0.05) is 25.1 Å². The zero-order chi connectivity index (χ0) is 14.6. The van der Waals surface area contributed by atoms with Crippen molar-refractivity contribution in [2.45, 2.75) is 13.8 Å². The standard InChI is InChI=1S/C14H19N3O2S/c1-3-15-9-10-20(18,19)17-13-6-4-5-12-8-7-11(2)16-14(12)13/h4-8,15,17H,3,9-10H2,1-2H3. The molecule has 0 fully saturated rings. The molecule has 20 heavy (non-hydrogen) atoms. The number of pyridine rings is 1. The van der Waals surface area contributed by atoms with Crippen molar-refractivity contribution in [1.82, 2.24) is 10.3 Å². The van der Waals surface area contributed by atoms with Gasteiger partial charge < -0.3 is 5.32 Å². The van der Waals surface area contributed by atoms with Crippen LogP contribution >= 0.6 is 0 Å². The van der Waals surface area contributed by atoms with Crippen molar-refractivity contribution < 1.29 is 8.42 Å². The summed E-state index contributed by atoms with van der Waals surface area (Å²) in [5.74, 6) is 0.0447. The second kappa shape index (κ2) is 6.19. The Labute approximate surface area is 119 Å². The lowest BCUT2D eigenvalue weighted by molar-refractivity contribution is 0.597. The van der Waals surface area contributed by atoms with Crippen molar-refractivity contribution in [2.75, 3.05) is 23.6 Å². The fraction of sp³-hybridized carbons (Fsp3) is 0.357. The SMILES string of the molecule is CCNCCS(=O)(=O)Nc1cccc2ccc(C)nc12. The predicted octanol–water partition coefficient (Wildman–Crippen LogP) is 1.89. The van der Waals surface area contributed by atoms with E-state index in [9.17, 15) is 8.42 Å². The summed E-state index contributed by atoms with van der Waals surface area (Å²) in [6.45, 7) is 5.01.